The molecule has 0 bridgehead atoms. The van der Waals surface area contributed by atoms with Gasteiger partial charge in [-0.05, 0) is 44.9 Å². The highest BCUT2D eigenvalue weighted by Gasteiger charge is 2.16. The molecular weight excluding hydrogens is 276 g/mol. The molecule has 20 heavy (non-hydrogen) atoms. The number of carbonyl (C=O) groups excluding carboxylic acids is 2. The third kappa shape index (κ3) is 7.14. The van der Waals surface area contributed by atoms with Gasteiger partial charge in [-0.25, -0.2) is 0 Å². The van der Waals surface area contributed by atoms with Crippen LogP contribution in [0.3, 0.4) is 0 Å². The van der Waals surface area contributed by atoms with Gasteiger partial charge in [0.25, 0.3) is 0 Å². The Kier molecular flexibility index (Phi) is 6.02. The predicted molar refractivity (Wildman–Crippen MR) is 80.7 cm³/mol. The van der Waals surface area contributed by atoms with Crippen molar-refractivity contribution in [2.45, 2.75) is 39.2 Å². The molecule has 0 unspecified atom stereocenters. The van der Waals surface area contributed by atoms with E-state index in [0.717, 1.165) is 5.56 Å². The molecule has 1 rings (SSSR count). The van der Waals surface area contributed by atoms with E-state index in [1.165, 1.54) is 0 Å². The fourth-order valence-electron chi connectivity index (χ4n) is 1.71. The minimum absolute atomic E-state index is 0.146. The lowest BCUT2D eigenvalue weighted by atomic mass is 10.1. The average molecular weight is 297 g/mol. The van der Waals surface area contributed by atoms with Crippen LogP contribution in [0.4, 0.5) is 0 Å². The zero-order chi connectivity index (χ0) is 15.2. The zero-order valence-corrected chi connectivity index (χ0v) is 12.9. The molecule has 1 aromatic rings. The summed E-state index contributed by atoms with van der Waals surface area (Å²) in [5.41, 5.74) is 0.731. The summed E-state index contributed by atoms with van der Waals surface area (Å²) >= 11 is 5.88. The summed E-state index contributed by atoms with van der Waals surface area (Å²) in [4.78, 5) is 23.2. The third-order valence-corrected chi connectivity index (χ3v) is 2.70. The van der Waals surface area contributed by atoms with Gasteiger partial charge in [-0.1, -0.05) is 23.7 Å². The van der Waals surface area contributed by atoms with Gasteiger partial charge in [0, 0.05) is 17.1 Å². The molecule has 0 aliphatic carbocycles. The van der Waals surface area contributed by atoms with Gasteiger partial charge in [0.1, 0.15) is 6.42 Å². The first kappa shape index (κ1) is 16.5. The molecule has 0 saturated carbocycles. The Morgan fingerprint density at radius 2 is 1.90 bits per heavy atom. The van der Waals surface area contributed by atoms with Crippen molar-refractivity contribution in [1.29, 1.82) is 0 Å². The molecule has 0 radical (unpaired) electrons. The summed E-state index contributed by atoms with van der Waals surface area (Å²) in [6, 6.07) is 7.49. The van der Waals surface area contributed by atoms with E-state index >= 15 is 0 Å². The van der Waals surface area contributed by atoms with Crippen LogP contribution in [-0.4, -0.2) is 23.9 Å². The van der Waals surface area contributed by atoms with Crippen LogP contribution in [0, 0.1) is 0 Å². The maximum Gasteiger partial charge on any atom is 0.229 e. The number of carbonyl (C=O) groups is 2. The van der Waals surface area contributed by atoms with E-state index in [1.54, 1.807) is 6.07 Å². The minimum atomic E-state index is -0.321. The van der Waals surface area contributed by atoms with E-state index in [9.17, 15) is 9.59 Å². The Morgan fingerprint density at radius 3 is 2.50 bits per heavy atom. The lowest BCUT2D eigenvalue weighted by molar-refractivity contribution is -0.130. The lowest BCUT2D eigenvalue weighted by Gasteiger charge is -2.20. The van der Waals surface area contributed by atoms with Crippen molar-refractivity contribution in [2.75, 3.05) is 6.54 Å². The molecule has 1 aromatic carbocycles. The molecule has 5 heteroatoms. The molecule has 4 nitrogen and oxygen atoms in total. The van der Waals surface area contributed by atoms with Gasteiger partial charge in [-0.3, -0.25) is 9.59 Å². The minimum Gasteiger partial charge on any atom is -0.355 e. The second-order valence-electron chi connectivity index (χ2n) is 5.70. The molecule has 0 atom stereocenters. The van der Waals surface area contributed by atoms with Gasteiger partial charge in [0.15, 0.2) is 0 Å². The molecule has 0 heterocycles. The van der Waals surface area contributed by atoms with Crippen molar-refractivity contribution < 1.29 is 9.59 Å². The smallest absolute Gasteiger partial charge is 0.229 e. The largest absolute Gasteiger partial charge is 0.355 e. The maximum atomic E-state index is 11.6. The van der Waals surface area contributed by atoms with E-state index in [2.05, 4.69) is 10.6 Å². The highest BCUT2D eigenvalue weighted by molar-refractivity contribution is 6.30. The molecule has 2 amide bonds. The topological polar surface area (TPSA) is 58.2 Å². The molecule has 2 N–H and O–H groups in total. The SMILES string of the molecule is CC(C)(C)NC(=O)CC(=O)NCCc1cccc(Cl)c1. The fraction of sp³-hybridized carbons (Fsp3) is 0.467. The van der Waals surface area contributed by atoms with Crippen LogP contribution in [-0.2, 0) is 16.0 Å². The summed E-state index contributed by atoms with van der Waals surface area (Å²) in [6.45, 7) is 6.12. The first-order valence-electron chi connectivity index (χ1n) is 6.58. The van der Waals surface area contributed by atoms with Gasteiger partial charge in [-0.2, -0.15) is 0 Å². The Bertz CT molecular complexity index is 481. The normalized spacial score (nSPS) is 11.0. The lowest BCUT2D eigenvalue weighted by Crippen LogP contribution is -2.42. The summed E-state index contributed by atoms with van der Waals surface area (Å²) in [5, 5.41) is 6.15. The fourth-order valence-corrected chi connectivity index (χ4v) is 1.92. The Morgan fingerprint density at radius 1 is 1.20 bits per heavy atom. The Balaban J connectivity index is 2.28. The van der Waals surface area contributed by atoms with Gasteiger partial charge in [0.05, 0.1) is 0 Å². The van der Waals surface area contributed by atoms with Gasteiger partial charge in [-0.15, -0.1) is 0 Å². The van der Waals surface area contributed by atoms with Crippen LogP contribution in [0.1, 0.15) is 32.8 Å². The zero-order valence-electron chi connectivity index (χ0n) is 12.1. The van der Waals surface area contributed by atoms with Gasteiger partial charge in [0.2, 0.25) is 11.8 Å². The molecule has 0 aliphatic heterocycles. The number of halogens is 1. The summed E-state index contributed by atoms with van der Waals surface area (Å²) in [6.07, 6.45) is 0.542. The number of hydrogen-bond donors (Lipinski definition) is 2. The average Bonchev–Trinajstić information content (AvgIpc) is 2.25. The first-order chi connectivity index (χ1) is 9.26. The quantitative estimate of drug-likeness (QED) is 0.819. The maximum absolute atomic E-state index is 11.6. The first-order valence-corrected chi connectivity index (χ1v) is 6.96. The van der Waals surface area contributed by atoms with Crippen LogP contribution in [0.15, 0.2) is 24.3 Å². The number of nitrogens with one attached hydrogen (secondary N) is 2. The van der Waals surface area contributed by atoms with Crippen LogP contribution < -0.4 is 10.6 Å². The summed E-state index contributed by atoms with van der Waals surface area (Å²) < 4.78 is 0. The summed E-state index contributed by atoms with van der Waals surface area (Å²) in [5.74, 6) is -0.536. The molecule has 0 fully saturated rings. The molecule has 0 aromatic heterocycles. The monoisotopic (exact) mass is 296 g/mol. The van der Waals surface area contributed by atoms with Crippen LogP contribution >= 0.6 is 11.6 Å². The van der Waals surface area contributed by atoms with Crippen molar-refractivity contribution in [1.82, 2.24) is 10.6 Å². The van der Waals surface area contributed by atoms with Crippen LogP contribution in [0.25, 0.3) is 0 Å². The van der Waals surface area contributed by atoms with E-state index in [1.807, 2.05) is 39.0 Å². The van der Waals surface area contributed by atoms with Crippen LogP contribution in [0.5, 0.6) is 0 Å². The van der Waals surface area contributed by atoms with Crippen molar-refractivity contribution >= 4 is 23.4 Å². The molecule has 0 spiro atoms. The number of amides is 2. The molecule has 0 aliphatic rings. The third-order valence-electron chi connectivity index (χ3n) is 2.46. The molecule has 110 valence electrons. The number of hydrogen-bond acceptors (Lipinski definition) is 2. The van der Waals surface area contributed by atoms with Crippen molar-refractivity contribution in [3.8, 4) is 0 Å². The Hall–Kier alpha value is -1.55. The van der Waals surface area contributed by atoms with Crippen molar-refractivity contribution in [2.24, 2.45) is 0 Å². The number of rotatable bonds is 5. The molecular formula is C15H21ClN2O2. The van der Waals surface area contributed by atoms with Crippen molar-refractivity contribution in [3.05, 3.63) is 34.9 Å². The van der Waals surface area contributed by atoms with E-state index < -0.39 is 0 Å². The summed E-state index contributed by atoms with van der Waals surface area (Å²) in [7, 11) is 0. The molecule has 0 saturated heterocycles. The Labute approximate surface area is 124 Å². The standard InChI is InChI=1S/C15H21ClN2O2/c1-15(2,3)18-14(20)10-13(19)17-8-7-11-5-4-6-12(16)9-11/h4-6,9H,7-8,10H2,1-3H3,(H,17,19)(H,18,20). The highest BCUT2D eigenvalue weighted by Crippen LogP contribution is 2.10. The highest BCUT2D eigenvalue weighted by atomic mass is 35.5. The van der Waals surface area contributed by atoms with Gasteiger partial charge >= 0.3 is 0 Å². The number of benzene rings is 1. The predicted octanol–water partition coefficient (Wildman–Crippen LogP) is 2.30. The second-order valence-corrected chi connectivity index (χ2v) is 6.14. The van der Waals surface area contributed by atoms with Crippen molar-refractivity contribution in [3.63, 3.8) is 0 Å². The van der Waals surface area contributed by atoms with Crippen LogP contribution in [0.2, 0.25) is 5.02 Å². The second kappa shape index (κ2) is 7.29. The van der Waals surface area contributed by atoms with E-state index in [-0.39, 0.29) is 23.8 Å². The van der Waals surface area contributed by atoms with E-state index in [4.69, 9.17) is 11.6 Å². The van der Waals surface area contributed by atoms with Gasteiger partial charge < -0.3 is 10.6 Å². The van der Waals surface area contributed by atoms with E-state index in [0.29, 0.717) is 18.0 Å².